The van der Waals surface area contributed by atoms with Crippen molar-refractivity contribution in [3.05, 3.63) is 0 Å². The molecule has 2 aliphatic carbocycles. The van der Waals surface area contributed by atoms with E-state index in [-0.39, 0.29) is 0 Å². The zero-order valence-electron chi connectivity index (χ0n) is 13.1. The van der Waals surface area contributed by atoms with E-state index in [0.29, 0.717) is 37.5 Å². The van der Waals surface area contributed by atoms with Crippen LogP contribution in [-0.4, -0.2) is 44.9 Å². The molecule has 0 bridgehead atoms. The Morgan fingerprint density at radius 1 is 1.19 bits per heavy atom. The third kappa shape index (κ3) is 4.65. The van der Waals surface area contributed by atoms with Crippen LogP contribution in [0.3, 0.4) is 0 Å². The first-order valence-corrected chi connectivity index (χ1v) is 9.97. The van der Waals surface area contributed by atoms with Crippen LogP contribution in [0.1, 0.15) is 45.4 Å². The van der Waals surface area contributed by atoms with Crippen LogP contribution >= 0.6 is 0 Å². The topological polar surface area (TPSA) is 61.4 Å². The van der Waals surface area contributed by atoms with Crippen LogP contribution < -0.4 is 10.0 Å². The van der Waals surface area contributed by atoms with Crippen LogP contribution in [0, 0.1) is 17.8 Å². The second-order valence-corrected chi connectivity index (χ2v) is 8.97. The smallest absolute Gasteiger partial charge is 0.279 e. The quantitative estimate of drug-likeness (QED) is 0.710. The monoisotopic (exact) mass is 315 g/mol. The lowest BCUT2D eigenvalue weighted by Gasteiger charge is -2.32. The molecule has 0 aromatic carbocycles. The lowest BCUT2D eigenvalue weighted by atomic mass is 10.00. The van der Waals surface area contributed by atoms with Gasteiger partial charge in [-0.25, -0.2) is 4.72 Å². The highest BCUT2D eigenvalue weighted by Crippen LogP contribution is 2.36. The third-order valence-electron chi connectivity index (χ3n) is 5.11. The zero-order valence-corrected chi connectivity index (χ0v) is 13.9. The first-order chi connectivity index (χ1) is 10.0. The summed E-state index contributed by atoms with van der Waals surface area (Å²) >= 11 is 0. The lowest BCUT2D eigenvalue weighted by Crippen LogP contribution is -2.48. The fourth-order valence-electron chi connectivity index (χ4n) is 3.19. The molecule has 21 heavy (non-hydrogen) atoms. The molecule has 0 aromatic heterocycles. The SMILES string of the molecule is CC(CNS(=O)(=O)N1CCCC(CNC2CC2)C1)C1CC1. The summed E-state index contributed by atoms with van der Waals surface area (Å²) in [6, 6.07) is 0.703. The molecule has 2 saturated carbocycles. The van der Waals surface area contributed by atoms with Crippen LogP contribution in [0.5, 0.6) is 0 Å². The second kappa shape index (κ2) is 6.52. The molecule has 2 atom stereocenters. The highest BCUT2D eigenvalue weighted by atomic mass is 32.2. The summed E-state index contributed by atoms with van der Waals surface area (Å²) in [5.41, 5.74) is 0. The van der Waals surface area contributed by atoms with E-state index in [0.717, 1.165) is 25.3 Å². The Kier molecular flexibility index (Phi) is 4.88. The molecule has 3 fully saturated rings. The average molecular weight is 315 g/mol. The minimum atomic E-state index is -3.28. The van der Waals surface area contributed by atoms with Gasteiger partial charge in [-0.1, -0.05) is 6.92 Å². The molecule has 0 spiro atoms. The van der Waals surface area contributed by atoms with Gasteiger partial charge in [0.1, 0.15) is 0 Å². The summed E-state index contributed by atoms with van der Waals surface area (Å²) in [4.78, 5) is 0. The minimum absolute atomic E-state index is 0.469. The number of rotatable bonds is 8. The van der Waals surface area contributed by atoms with Crippen molar-refractivity contribution >= 4 is 10.2 Å². The van der Waals surface area contributed by atoms with E-state index in [9.17, 15) is 8.42 Å². The van der Waals surface area contributed by atoms with E-state index >= 15 is 0 Å². The van der Waals surface area contributed by atoms with Crippen molar-refractivity contribution in [1.29, 1.82) is 0 Å². The molecule has 5 nitrogen and oxygen atoms in total. The van der Waals surface area contributed by atoms with Gasteiger partial charge in [0, 0.05) is 25.7 Å². The molecule has 0 radical (unpaired) electrons. The summed E-state index contributed by atoms with van der Waals surface area (Å²) in [5.74, 6) is 1.68. The molecule has 0 aromatic rings. The van der Waals surface area contributed by atoms with Gasteiger partial charge in [-0.2, -0.15) is 12.7 Å². The first-order valence-electron chi connectivity index (χ1n) is 8.52. The molecule has 0 amide bonds. The molecule has 1 aliphatic heterocycles. The standard InChI is InChI=1S/C15H29N3O2S/c1-12(14-4-5-14)9-17-21(19,20)18-8-2-3-13(11-18)10-16-15-6-7-15/h12-17H,2-11H2,1H3. The van der Waals surface area contributed by atoms with Crippen LogP contribution in [0.4, 0.5) is 0 Å². The summed E-state index contributed by atoms with van der Waals surface area (Å²) < 4.78 is 29.3. The van der Waals surface area contributed by atoms with Crippen molar-refractivity contribution in [1.82, 2.24) is 14.3 Å². The molecule has 3 aliphatic rings. The van der Waals surface area contributed by atoms with Gasteiger partial charge in [0.25, 0.3) is 10.2 Å². The zero-order chi connectivity index (χ0) is 14.9. The van der Waals surface area contributed by atoms with Crippen molar-refractivity contribution < 1.29 is 8.42 Å². The Labute approximate surface area is 129 Å². The second-order valence-electron chi connectivity index (χ2n) is 7.22. The Balaban J connectivity index is 1.45. The van der Waals surface area contributed by atoms with E-state index in [4.69, 9.17) is 0 Å². The van der Waals surface area contributed by atoms with Gasteiger partial charge in [0.05, 0.1) is 0 Å². The van der Waals surface area contributed by atoms with Crippen LogP contribution in [0.15, 0.2) is 0 Å². The Morgan fingerprint density at radius 3 is 2.62 bits per heavy atom. The Hall–Kier alpha value is -0.170. The predicted octanol–water partition coefficient (Wildman–Crippen LogP) is 1.33. The molecule has 1 heterocycles. The van der Waals surface area contributed by atoms with Gasteiger partial charge in [-0.3, -0.25) is 0 Å². The van der Waals surface area contributed by atoms with Crippen molar-refractivity contribution in [3.63, 3.8) is 0 Å². The lowest BCUT2D eigenvalue weighted by molar-refractivity contribution is 0.256. The molecule has 122 valence electrons. The minimum Gasteiger partial charge on any atom is -0.314 e. The van der Waals surface area contributed by atoms with Gasteiger partial charge < -0.3 is 5.32 Å². The summed E-state index contributed by atoms with van der Waals surface area (Å²) in [6.45, 7) is 5.06. The van der Waals surface area contributed by atoms with Crippen molar-refractivity contribution in [3.8, 4) is 0 Å². The van der Waals surface area contributed by atoms with Gasteiger partial charge in [0.15, 0.2) is 0 Å². The molecule has 1 saturated heterocycles. The Bertz CT molecular complexity index is 446. The van der Waals surface area contributed by atoms with Crippen LogP contribution in [0.25, 0.3) is 0 Å². The van der Waals surface area contributed by atoms with E-state index in [2.05, 4.69) is 17.0 Å². The normalized spacial score (nSPS) is 29.5. The molecular weight excluding hydrogens is 286 g/mol. The van der Waals surface area contributed by atoms with E-state index < -0.39 is 10.2 Å². The summed E-state index contributed by atoms with van der Waals surface area (Å²) in [7, 11) is -3.28. The maximum absolute atomic E-state index is 12.4. The number of nitrogens with one attached hydrogen (secondary N) is 2. The number of nitrogens with zero attached hydrogens (tertiary/aromatic N) is 1. The molecule has 2 N–H and O–H groups in total. The molecule has 3 rings (SSSR count). The molecular formula is C15H29N3O2S. The summed E-state index contributed by atoms with van der Waals surface area (Å²) in [6.07, 6.45) is 7.23. The highest BCUT2D eigenvalue weighted by molar-refractivity contribution is 7.87. The Morgan fingerprint density at radius 2 is 1.95 bits per heavy atom. The van der Waals surface area contributed by atoms with Gasteiger partial charge in [0.2, 0.25) is 0 Å². The number of hydrogen-bond acceptors (Lipinski definition) is 3. The van der Waals surface area contributed by atoms with E-state index in [1.807, 2.05) is 0 Å². The third-order valence-corrected chi connectivity index (χ3v) is 6.65. The van der Waals surface area contributed by atoms with Crippen molar-refractivity contribution in [2.75, 3.05) is 26.2 Å². The van der Waals surface area contributed by atoms with Crippen LogP contribution in [0.2, 0.25) is 0 Å². The maximum Gasteiger partial charge on any atom is 0.279 e. The fourth-order valence-corrected chi connectivity index (χ4v) is 4.63. The van der Waals surface area contributed by atoms with E-state index in [1.54, 1.807) is 4.31 Å². The first kappa shape index (κ1) is 15.7. The van der Waals surface area contributed by atoms with Gasteiger partial charge >= 0.3 is 0 Å². The summed E-state index contributed by atoms with van der Waals surface area (Å²) in [5, 5.41) is 3.53. The van der Waals surface area contributed by atoms with Gasteiger partial charge in [-0.15, -0.1) is 0 Å². The maximum atomic E-state index is 12.4. The predicted molar refractivity (Wildman–Crippen MR) is 84.1 cm³/mol. The van der Waals surface area contributed by atoms with Crippen molar-refractivity contribution in [2.45, 2.75) is 51.5 Å². The van der Waals surface area contributed by atoms with E-state index in [1.165, 1.54) is 25.7 Å². The van der Waals surface area contributed by atoms with Crippen LogP contribution in [-0.2, 0) is 10.2 Å². The largest absolute Gasteiger partial charge is 0.314 e. The average Bonchev–Trinajstić information content (AvgIpc) is 3.36. The number of hydrogen-bond donors (Lipinski definition) is 2. The number of piperidine rings is 1. The highest BCUT2D eigenvalue weighted by Gasteiger charge is 2.32. The fraction of sp³-hybridized carbons (Fsp3) is 1.00. The van der Waals surface area contributed by atoms with Crippen molar-refractivity contribution in [2.24, 2.45) is 17.8 Å². The van der Waals surface area contributed by atoms with Gasteiger partial charge in [-0.05, 0) is 62.8 Å². The molecule has 6 heteroatoms. The molecule has 2 unspecified atom stereocenters.